The number of hydrogen-bond donors (Lipinski definition) is 2. The number of unbranched alkanes of at least 4 members (excludes halogenated alkanes) is 1. The average Bonchev–Trinajstić information content (AvgIpc) is 3.08. The second-order valence-electron chi connectivity index (χ2n) is 6.87. The molecule has 6 heteroatoms. The van der Waals surface area contributed by atoms with E-state index in [-0.39, 0.29) is 0 Å². The minimum Gasteiger partial charge on any atom is -0.381 e. The maximum absolute atomic E-state index is 5.70. The maximum atomic E-state index is 5.70. The minimum atomic E-state index is 0.599. The Hall–Kier alpha value is -0.850. The lowest BCUT2D eigenvalue weighted by Crippen LogP contribution is -2.38. The molecule has 1 heterocycles. The van der Waals surface area contributed by atoms with Gasteiger partial charge in [0.1, 0.15) is 0 Å². The number of nitrogens with one attached hydrogen (secondary N) is 2. The second kappa shape index (κ2) is 13.4. The monoisotopic (exact) mass is 342 g/mol. The largest absolute Gasteiger partial charge is 0.381 e. The number of aliphatic imine (C=N–C) groups is 1. The van der Waals surface area contributed by atoms with Crippen LogP contribution in [0.25, 0.3) is 0 Å². The molecule has 0 radical (unpaired) electrons. The third kappa shape index (κ3) is 10.1. The highest BCUT2D eigenvalue weighted by molar-refractivity contribution is 5.79. The van der Waals surface area contributed by atoms with Crippen molar-refractivity contribution in [2.75, 3.05) is 60.2 Å². The number of guanidine groups is 1. The van der Waals surface area contributed by atoms with Gasteiger partial charge in [-0.3, -0.25) is 4.99 Å². The normalized spacial score (nSPS) is 18.6. The van der Waals surface area contributed by atoms with Crippen molar-refractivity contribution in [1.29, 1.82) is 0 Å². The van der Waals surface area contributed by atoms with Crippen LogP contribution in [0.2, 0.25) is 0 Å². The molecule has 0 aromatic heterocycles. The fourth-order valence-electron chi connectivity index (χ4n) is 2.52. The fourth-order valence-corrected chi connectivity index (χ4v) is 2.52. The molecule has 1 rings (SSSR count). The van der Waals surface area contributed by atoms with Crippen LogP contribution in [0, 0.1) is 5.92 Å². The van der Waals surface area contributed by atoms with E-state index in [0.29, 0.717) is 12.0 Å². The Bertz CT molecular complexity index is 331. The summed E-state index contributed by atoms with van der Waals surface area (Å²) in [6, 6.07) is 0.621. The van der Waals surface area contributed by atoms with E-state index >= 15 is 0 Å². The molecule has 0 aromatic rings. The molecule has 2 N–H and O–H groups in total. The van der Waals surface area contributed by atoms with Gasteiger partial charge in [-0.1, -0.05) is 0 Å². The second-order valence-corrected chi connectivity index (χ2v) is 6.87. The lowest BCUT2D eigenvalue weighted by atomic mass is 10.1. The van der Waals surface area contributed by atoms with Crippen LogP contribution in [0.1, 0.15) is 39.5 Å². The van der Waals surface area contributed by atoms with Gasteiger partial charge >= 0.3 is 0 Å². The molecule has 1 aliphatic rings. The first kappa shape index (κ1) is 21.2. The number of rotatable bonds is 12. The van der Waals surface area contributed by atoms with E-state index in [1.807, 2.05) is 7.05 Å². The van der Waals surface area contributed by atoms with Crippen molar-refractivity contribution in [3.63, 3.8) is 0 Å². The van der Waals surface area contributed by atoms with Gasteiger partial charge in [0.25, 0.3) is 0 Å². The summed E-state index contributed by atoms with van der Waals surface area (Å²) in [7, 11) is 4.00. The molecule has 1 fully saturated rings. The SMILES string of the molecule is CN=C(NCCCCN(C)C(C)C)NCCCOCC1CCOC1. The Kier molecular flexibility index (Phi) is 11.9. The van der Waals surface area contributed by atoms with Gasteiger partial charge in [-0.25, -0.2) is 0 Å². The molecule has 24 heavy (non-hydrogen) atoms. The molecular formula is C18H38N4O2. The zero-order chi connectivity index (χ0) is 17.6. The van der Waals surface area contributed by atoms with Crippen molar-refractivity contribution < 1.29 is 9.47 Å². The van der Waals surface area contributed by atoms with Gasteiger partial charge in [0.15, 0.2) is 5.96 Å². The van der Waals surface area contributed by atoms with Crippen molar-refractivity contribution in [3.05, 3.63) is 0 Å². The molecule has 1 atom stereocenters. The lowest BCUT2D eigenvalue weighted by molar-refractivity contribution is 0.0888. The minimum absolute atomic E-state index is 0.599. The van der Waals surface area contributed by atoms with Gasteiger partial charge in [-0.2, -0.15) is 0 Å². The lowest BCUT2D eigenvalue weighted by Gasteiger charge is -2.20. The predicted molar refractivity (Wildman–Crippen MR) is 101 cm³/mol. The van der Waals surface area contributed by atoms with Gasteiger partial charge in [-0.15, -0.1) is 0 Å². The van der Waals surface area contributed by atoms with Crippen LogP contribution in [-0.2, 0) is 9.47 Å². The zero-order valence-corrected chi connectivity index (χ0v) is 16.1. The fraction of sp³-hybridized carbons (Fsp3) is 0.944. The van der Waals surface area contributed by atoms with E-state index in [4.69, 9.17) is 9.47 Å². The van der Waals surface area contributed by atoms with Gasteiger partial charge < -0.3 is 25.0 Å². The highest BCUT2D eigenvalue weighted by Crippen LogP contribution is 2.12. The molecular weight excluding hydrogens is 304 g/mol. The zero-order valence-electron chi connectivity index (χ0n) is 16.1. The van der Waals surface area contributed by atoms with E-state index in [1.54, 1.807) is 0 Å². The average molecular weight is 343 g/mol. The first-order valence-corrected chi connectivity index (χ1v) is 9.43. The van der Waals surface area contributed by atoms with Gasteiger partial charge in [0.2, 0.25) is 0 Å². The Morgan fingerprint density at radius 2 is 2.00 bits per heavy atom. The summed E-state index contributed by atoms with van der Waals surface area (Å²) in [4.78, 5) is 6.64. The molecule has 1 unspecified atom stereocenters. The maximum Gasteiger partial charge on any atom is 0.190 e. The Morgan fingerprint density at radius 1 is 1.25 bits per heavy atom. The predicted octanol–water partition coefficient (Wildman–Crippen LogP) is 1.72. The molecule has 0 aliphatic carbocycles. The van der Waals surface area contributed by atoms with Crippen LogP contribution in [0.15, 0.2) is 4.99 Å². The summed E-state index contributed by atoms with van der Waals surface area (Å²) < 4.78 is 11.0. The molecule has 0 amide bonds. The summed E-state index contributed by atoms with van der Waals surface area (Å²) in [6.45, 7) is 10.8. The van der Waals surface area contributed by atoms with E-state index in [0.717, 1.165) is 71.3 Å². The van der Waals surface area contributed by atoms with E-state index in [2.05, 4.69) is 41.4 Å². The summed E-state index contributed by atoms with van der Waals surface area (Å²) in [5.74, 6) is 1.48. The number of hydrogen-bond acceptors (Lipinski definition) is 4. The molecule has 1 aliphatic heterocycles. The van der Waals surface area contributed by atoms with E-state index < -0.39 is 0 Å². The van der Waals surface area contributed by atoms with Gasteiger partial charge in [-0.05, 0) is 53.1 Å². The van der Waals surface area contributed by atoms with Crippen LogP contribution in [0.4, 0.5) is 0 Å². The van der Waals surface area contributed by atoms with Gasteiger partial charge in [0, 0.05) is 45.3 Å². The first-order chi connectivity index (χ1) is 11.6. The third-order valence-corrected chi connectivity index (χ3v) is 4.47. The van der Waals surface area contributed by atoms with Crippen LogP contribution in [0.3, 0.4) is 0 Å². The Morgan fingerprint density at radius 3 is 2.62 bits per heavy atom. The number of nitrogens with zero attached hydrogens (tertiary/aromatic N) is 2. The van der Waals surface area contributed by atoms with Crippen LogP contribution < -0.4 is 10.6 Å². The van der Waals surface area contributed by atoms with Crippen LogP contribution in [-0.4, -0.2) is 77.1 Å². The first-order valence-electron chi connectivity index (χ1n) is 9.43. The molecule has 0 aromatic carbocycles. The van der Waals surface area contributed by atoms with Crippen molar-refractivity contribution in [2.24, 2.45) is 10.9 Å². The summed E-state index contributed by atoms with van der Waals surface area (Å²) in [5.41, 5.74) is 0. The Balaban J connectivity index is 1.92. The molecule has 142 valence electrons. The molecule has 0 bridgehead atoms. The third-order valence-electron chi connectivity index (χ3n) is 4.47. The molecule has 0 spiro atoms. The van der Waals surface area contributed by atoms with E-state index in [1.165, 1.54) is 6.42 Å². The molecule has 1 saturated heterocycles. The van der Waals surface area contributed by atoms with Crippen molar-refractivity contribution in [2.45, 2.75) is 45.6 Å². The smallest absolute Gasteiger partial charge is 0.190 e. The topological polar surface area (TPSA) is 58.1 Å². The van der Waals surface area contributed by atoms with Crippen molar-refractivity contribution in [1.82, 2.24) is 15.5 Å². The molecule has 6 nitrogen and oxygen atoms in total. The highest BCUT2D eigenvalue weighted by atomic mass is 16.5. The molecule has 0 saturated carbocycles. The van der Waals surface area contributed by atoms with Crippen molar-refractivity contribution in [3.8, 4) is 0 Å². The van der Waals surface area contributed by atoms with Crippen molar-refractivity contribution >= 4 is 5.96 Å². The van der Waals surface area contributed by atoms with Crippen LogP contribution >= 0.6 is 0 Å². The summed E-state index contributed by atoms with van der Waals surface area (Å²) in [5, 5.41) is 6.71. The van der Waals surface area contributed by atoms with E-state index in [9.17, 15) is 0 Å². The summed E-state index contributed by atoms with van der Waals surface area (Å²) >= 11 is 0. The van der Waals surface area contributed by atoms with Gasteiger partial charge in [0.05, 0.1) is 13.2 Å². The standard InChI is InChI=1S/C18H38N4O2/c1-16(2)22(4)11-6-5-9-20-18(19-3)21-10-7-12-23-14-17-8-13-24-15-17/h16-17H,5-15H2,1-4H3,(H2,19,20,21). The summed E-state index contributed by atoms with van der Waals surface area (Å²) in [6.07, 6.45) is 4.50. The quantitative estimate of drug-likeness (QED) is 0.321. The highest BCUT2D eigenvalue weighted by Gasteiger charge is 2.15. The number of ether oxygens (including phenoxy) is 2. The Labute approximate surface area is 148 Å². The van der Waals surface area contributed by atoms with Crippen LogP contribution in [0.5, 0.6) is 0 Å².